The molecule has 0 spiro atoms. The van der Waals surface area contributed by atoms with Crippen LogP contribution in [0.3, 0.4) is 0 Å². The minimum absolute atomic E-state index is 0.0147. The molecule has 2 saturated heterocycles. The molecule has 1 aromatic heterocycles. The molecule has 2 amide bonds. The van der Waals surface area contributed by atoms with Gasteiger partial charge in [-0.15, -0.1) is 0 Å². The number of fused-ring (bicyclic) bond motifs is 1. The Kier molecular flexibility index (Phi) is 5.92. The summed E-state index contributed by atoms with van der Waals surface area (Å²) in [5, 5.41) is 7.03. The predicted octanol–water partition coefficient (Wildman–Crippen LogP) is 1.85. The number of carbonyl (C=O) groups excluding carboxylic acids is 2. The van der Waals surface area contributed by atoms with Crippen molar-refractivity contribution in [2.75, 3.05) is 26.4 Å². The Morgan fingerprint density at radius 1 is 1.00 bits per heavy atom. The summed E-state index contributed by atoms with van der Waals surface area (Å²) in [6.45, 7) is 2.69. The molecule has 0 bridgehead atoms. The van der Waals surface area contributed by atoms with Crippen LogP contribution in [0.2, 0.25) is 0 Å². The Labute approximate surface area is 164 Å². The van der Waals surface area contributed by atoms with Gasteiger partial charge in [0, 0.05) is 24.1 Å². The van der Waals surface area contributed by atoms with Crippen LogP contribution >= 0.6 is 0 Å². The summed E-state index contributed by atoms with van der Waals surface area (Å²) in [5.41, 5.74) is 1.38. The maximum absolute atomic E-state index is 12.9. The van der Waals surface area contributed by atoms with Crippen LogP contribution in [-0.4, -0.2) is 54.9 Å². The largest absolute Gasteiger partial charge is 0.379 e. The fourth-order valence-electron chi connectivity index (χ4n) is 3.95. The van der Waals surface area contributed by atoms with Crippen molar-refractivity contribution < 1.29 is 19.1 Å². The Balaban J connectivity index is 1.52. The van der Waals surface area contributed by atoms with Gasteiger partial charge in [0.2, 0.25) is 5.91 Å². The molecule has 7 nitrogen and oxygen atoms in total. The van der Waals surface area contributed by atoms with Gasteiger partial charge in [-0.2, -0.15) is 0 Å². The molecule has 0 unspecified atom stereocenters. The molecule has 0 aliphatic carbocycles. The number of hydrogen-bond acceptors (Lipinski definition) is 4. The highest BCUT2D eigenvalue weighted by atomic mass is 16.5. The molecular formula is C21H27N3O4. The van der Waals surface area contributed by atoms with Gasteiger partial charge in [-0.05, 0) is 37.8 Å². The number of nitrogens with zero attached hydrogens (tertiary/aromatic N) is 1. The molecule has 0 radical (unpaired) electrons. The lowest BCUT2D eigenvalue weighted by Gasteiger charge is -2.24. The van der Waals surface area contributed by atoms with Gasteiger partial charge in [-0.3, -0.25) is 9.59 Å². The lowest BCUT2D eigenvalue weighted by atomic mass is 10.1. The number of amides is 2. The van der Waals surface area contributed by atoms with Crippen LogP contribution in [0, 0.1) is 0 Å². The zero-order valence-electron chi connectivity index (χ0n) is 16.0. The molecule has 2 N–H and O–H groups in total. The first-order valence-corrected chi connectivity index (χ1v) is 10.0. The number of para-hydroxylation sites is 1. The Hall–Kier alpha value is -2.38. The van der Waals surface area contributed by atoms with E-state index in [1.54, 1.807) is 4.57 Å². The number of benzene rings is 1. The molecule has 2 fully saturated rings. The highest BCUT2D eigenvalue weighted by molar-refractivity contribution is 5.99. The van der Waals surface area contributed by atoms with Crippen molar-refractivity contribution in [3.05, 3.63) is 36.0 Å². The standard InChI is InChI=1S/C21H27N3O4/c25-20(22-16-6-3-9-27-13-16)12-24-18-8-2-1-5-15(18)11-19(24)21(26)23-17-7-4-10-28-14-17/h1-2,5,8,11,16-17H,3-4,6-7,9-10,12-14H2,(H,22,25)(H,23,26)/t16-,17-/m0/s1. The van der Waals surface area contributed by atoms with Crippen molar-refractivity contribution >= 4 is 22.7 Å². The molecule has 2 aliphatic rings. The van der Waals surface area contributed by atoms with Gasteiger partial charge in [0.05, 0.1) is 25.3 Å². The summed E-state index contributed by atoms with van der Waals surface area (Å²) in [7, 11) is 0. The SMILES string of the molecule is O=C(Cn1c(C(=O)N[C@H]2CCCOC2)cc2ccccc21)N[C@H]1CCCOC1. The Bertz CT molecular complexity index is 835. The van der Waals surface area contributed by atoms with E-state index in [1.165, 1.54) is 0 Å². The van der Waals surface area contributed by atoms with Crippen LogP contribution in [0.1, 0.15) is 36.2 Å². The van der Waals surface area contributed by atoms with Crippen LogP contribution in [0.15, 0.2) is 30.3 Å². The molecule has 2 atom stereocenters. The summed E-state index contributed by atoms with van der Waals surface area (Å²) in [5.74, 6) is -0.271. The molecule has 1 aromatic carbocycles. The fraction of sp³-hybridized carbons (Fsp3) is 0.524. The van der Waals surface area contributed by atoms with Gasteiger partial charge in [-0.1, -0.05) is 18.2 Å². The topological polar surface area (TPSA) is 81.6 Å². The van der Waals surface area contributed by atoms with E-state index in [1.807, 2.05) is 30.3 Å². The fourth-order valence-corrected chi connectivity index (χ4v) is 3.95. The second-order valence-corrected chi connectivity index (χ2v) is 7.54. The van der Waals surface area contributed by atoms with Crippen molar-refractivity contribution in [3.63, 3.8) is 0 Å². The first-order valence-electron chi connectivity index (χ1n) is 10.0. The number of hydrogen-bond donors (Lipinski definition) is 2. The average molecular weight is 385 g/mol. The molecule has 150 valence electrons. The molecule has 2 aliphatic heterocycles. The molecule has 4 rings (SSSR count). The van der Waals surface area contributed by atoms with E-state index < -0.39 is 0 Å². The van der Waals surface area contributed by atoms with Gasteiger partial charge in [0.1, 0.15) is 12.2 Å². The predicted molar refractivity (Wildman–Crippen MR) is 105 cm³/mol. The summed E-state index contributed by atoms with van der Waals surface area (Å²) in [6, 6.07) is 9.66. The van der Waals surface area contributed by atoms with E-state index in [0.717, 1.165) is 49.8 Å². The van der Waals surface area contributed by atoms with Gasteiger partial charge >= 0.3 is 0 Å². The van der Waals surface area contributed by atoms with E-state index in [2.05, 4.69) is 10.6 Å². The van der Waals surface area contributed by atoms with Crippen LogP contribution < -0.4 is 10.6 Å². The number of nitrogens with one attached hydrogen (secondary N) is 2. The molecule has 0 saturated carbocycles. The summed E-state index contributed by atoms with van der Waals surface area (Å²) in [6.07, 6.45) is 3.73. The zero-order valence-corrected chi connectivity index (χ0v) is 16.0. The van der Waals surface area contributed by atoms with E-state index in [-0.39, 0.29) is 30.4 Å². The molecule has 28 heavy (non-hydrogen) atoms. The van der Waals surface area contributed by atoms with Crippen molar-refractivity contribution in [2.24, 2.45) is 0 Å². The maximum Gasteiger partial charge on any atom is 0.268 e. The van der Waals surface area contributed by atoms with E-state index in [4.69, 9.17) is 9.47 Å². The molecule has 3 heterocycles. The minimum Gasteiger partial charge on any atom is -0.379 e. The second kappa shape index (κ2) is 8.75. The summed E-state index contributed by atoms with van der Waals surface area (Å²) < 4.78 is 12.7. The molecule has 2 aromatic rings. The van der Waals surface area contributed by atoms with E-state index in [9.17, 15) is 9.59 Å². The summed E-state index contributed by atoms with van der Waals surface area (Å²) in [4.78, 5) is 25.6. The van der Waals surface area contributed by atoms with Gasteiger partial charge in [0.15, 0.2) is 0 Å². The van der Waals surface area contributed by atoms with Crippen LogP contribution in [-0.2, 0) is 20.8 Å². The van der Waals surface area contributed by atoms with Gasteiger partial charge in [-0.25, -0.2) is 0 Å². The smallest absolute Gasteiger partial charge is 0.268 e. The Morgan fingerprint density at radius 3 is 2.36 bits per heavy atom. The maximum atomic E-state index is 12.9. The highest BCUT2D eigenvalue weighted by Gasteiger charge is 2.23. The quantitative estimate of drug-likeness (QED) is 0.823. The molecular weight excluding hydrogens is 358 g/mol. The second-order valence-electron chi connectivity index (χ2n) is 7.54. The first kappa shape index (κ1) is 19.0. The van der Waals surface area contributed by atoms with Crippen LogP contribution in [0.4, 0.5) is 0 Å². The number of carbonyl (C=O) groups is 2. The Morgan fingerprint density at radius 2 is 1.68 bits per heavy atom. The number of rotatable bonds is 5. The third-order valence-electron chi connectivity index (χ3n) is 5.37. The van der Waals surface area contributed by atoms with Gasteiger partial charge < -0.3 is 24.7 Å². The van der Waals surface area contributed by atoms with Gasteiger partial charge in [0.25, 0.3) is 5.91 Å². The first-order chi connectivity index (χ1) is 13.7. The van der Waals surface area contributed by atoms with Crippen molar-refractivity contribution in [1.29, 1.82) is 0 Å². The van der Waals surface area contributed by atoms with Crippen LogP contribution in [0.5, 0.6) is 0 Å². The lowest BCUT2D eigenvalue weighted by molar-refractivity contribution is -0.123. The lowest BCUT2D eigenvalue weighted by Crippen LogP contribution is -2.43. The third-order valence-corrected chi connectivity index (χ3v) is 5.37. The highest BCUT2D eigenvalue weighted by Crippen LogP contribution is 2.20. The molecule has 7 heteroatoms. The van der Waals surface area contributed by atoms with Crippen molar-refractivity contribution in [1.82, 2.24) is 15.2 Å². The van der Waals surface area contributed by atoms with E-state index >= 15 is 0 Å². The zero-order chi connectivity index (χ0) is 19.3. The minimum atomic E-state index is -0.166. The van der Waals surface area contributed by atoms with Crippen molar-refractivity contribution in [2.45, 2.75) is 44.3 Å². The average Bonchev–Trinajstić information content (AvgIpc) is 3.08. The van der Waals surface area contributed by atoms with E-state index in [0.29, 0.717) is 18.9 Å². The normalized spacial score (nSPS) is 22.7. The summed E-state index contributed by atoms with van der Waals surface area (Å²) >= 11 is 0. The number of aromatic nitrogens is 1. The van der Waals surface area contributed by atoms with Crippen molar-refractivity contribution in [3.8, 4) is 0 Å². The monoisotopic (exact) mass is 385 g/mol. The number of ether oxygens (including phenoxy) is 2. The third kappa shape index (κ3) is 4.36. The van der Waals surface area contributed by atoms with Crippen LogP contribution in [0.25, 0.3) is 10.9 Å².